The second-order valence-electron chi connectivity index (χ2n) is 2.60. The molecule has 1 aromatic carbocycles. The van der Waals surface area contributed by atoms with Crippen molar-refractivity contribution >= 4 is 42.6 Å². The normalized spacial score (nSPS) is 10.8. The van der Waals surface area contributed by atoms with Gasteiger partial charge in [0.25, 0.3) is 0 Å². The van der Waals surface area contributed by atoms with Crippen molar-refractivity contribution in [1.29, 1.82) is 0 Å². The number of nitrogen functional groups attached to an aromatic ring is 1. The van der Waals surface area contributed by atoms with Crippen LogP contribution in [0.2, 0.25) is 0 Å². The van der Waals surface area contributed by atoms with Crippen LogP contribution in [-0.4, -0.2) is 12.1 Å². The van der Waals surface area contributed by atoms with Gasteiger partial charge < -0.3 is 10.5 Å². The minimum atomic E-state index is -0.482. The van der Waals surface area contributed by atoms with E-state index >= 15 is 0 Å². The summed E-state index contributed by atoms with van der Waals surface area (Å²) >= 11 is 4.45. The first-order chi connectivity index (χ1) is 6.63. The molecule has 14 heavy (non-hydrogen) atoms. The Morgan fingerprint density at radius 3 is 3.00 bits per heavy atom. The molecule has 2 rings (SSSR count). The van der Waals surface area contributed by atoms with Gasteiger partial charge in [0.05, 0.1) is 16.3 Å². The molecule has 1 aromatic heterocycles. The smallest absolute Gasteiger partial charge is 0.193 e. The lowest BCUT2D eigenvalue weighted by molar-refractivity contribution is 0.386. The lowest BCUT2D eigenvalue weighted by atomic mass is 10.3. The molecule has 0 saturated heterocycles. The molecule has 2 aromatic rings. The molecule has 0 spiro atoms. The SMILES string of the molecule is COc1c(Br)cc2sc(N)nc2c1F. The van der Waals surface area contributed by atoms with E-state index in [1.807, 2.05) is 0 Å². The number of fused-ring (bicyclic) bond motifs is 1. The Morgan fingerprint density at radius 1 is 1.64 bits per heavy atom. The number of methoxy groups -OCH3 is 1. The Balaban J connectivity index is 2.84. The zero-order valence-corrected chi connectivity index (χ0v) is 9.58. The minimum absolute atomic E-state index is 0.155. The van der Waals surface area contributed by atoms with E-state index in [1.165, 1.54) is 18.4 Å². The predicted molar refractivity (Wildman–Crippen MR) is 58.2 cm³/mol. The van der Waals surface area contributed by atoms with Gasteiger partial charge in [0, 0.05) is 0 Å². The number of hydrogen-bond acceptors (Lipinski definition) is 4. The van der Waals surface area contributed by atoms with Gasteiger partial charge >= 0.3 is 0 Å². The lowest BCUT2D eigenvalue weighted by Gasteiger charge is -2.03. The standard InChI is InChI=1S/C8H6BrFN2OS/c1-13-7-3(9)2-4-6(5(7)10)12-8(11)14-4/h2H,1H3,(H2,11,12). The molecular weight excluding hydrogens is 271 g/mol. The van der Waals surface area contributed by atoms with E-state index in [2.05, 4.69) is 20.9 Å². The number of nitrogens with zero attached hydrogens (tertiary/aromatic N) is 1. The van der Waals surface area contributed by atoms with Crippen LogP contribution in [0.15, 0.2) is 10.5 Å². The first-order valence-electron chi connectivity index (χ1n) is 3.71. The monoisotopic (exact) mass is 276 g/mol. The Morgan fingerprint density at radius 2 is 2.36 bits per heavy atom. The van der Waals surface area contributed by atoms with Gasteiger partial charge in [0.1, 0.15) is 5.52 Å². The molecule has 0 amide bonds. The van der Waals surface area contributed by atoms with Crippen LogP contribution in [0.25, 0.3) is 10.2 Å². The number of hydrogen-bond donors (Lipinski definition) is 1. The second-order valence-corrected chi connectivity index (χ2v) is 4.52. The number of rotatable bonds is 1. The summed E-state index contributed by atoms with van der Waals surface area (Å²) in [6.45, 7) is 0. The number of anilines is 1. The molecule has 0 aliphatic rings. The van der Waals surface area contributed by atoms with Crippen molar-refractivity contribution in [2.24, 2.45) is 0 Å². The minimum Gasteiger partial charge on any atom is -0.492 e. The third kappa shape index (κ3) is 1.34. The Bertz CT molecular complexity index is 500. The third-order valence-electron chi connectivity index (χ3n) is 1.76. The van der Waals surface area contributed by atoms with E-state index in [4.69, 9.17) is 10.5 Å². The fourth-order valence-corrected chi connectivity index (χ4v) is 2.67. The maximum absolute atomic E-state index is 13.7. The van der Waals surface area contributed by atoms with Crippen molar-refractivity contribution in [2.45, 2.75) is 0 Å². The molecular formula is C8H6BrFN2OS. The van der Waals surface area contributed by atoms with E-state index in [0.717, 1.165) is 0 Å². The van der Waals surface area contributed by atoms with Crippen LogP contribution in [0.1, 0.15) is 0 Å². The average molecular weight is 277 g/mol. The molecule has 0 aliphatic heterocycles. The summed E-state index contributed by atoms with van der Waals surface area (Å²) < 4.78 is 19.8. The molecule has 6 heteroatoms. The highest BCUT2D eigenvalue weighted by molar-refractivity contribution is 9.10. The van der Waals surface area contributed by atoms with Crippen LogP contribution >= 0.6 is 27.3 Å². The highest BCUT2D eigenvalue weighted by atomic mass is 79.9. The Kier molecular flexibility index (Phi) is 2.32. The zero-order chi connectivity index (χ0) is 10.3. The quantitative estimate of drug-likeness (QED) is 0.871. The molecule has 74 valence electrons. The summed E-state index contributed by atoms with van der Waals surface area (Å²) in [5.74, 6) is -0.326. The molecule has 1 heterocycles. The van der Waals surface area contributed by atoms with E-state index in [0.29, 0.717) is 14.3 Å². The maximum atomic E-state index is 13.7. The number of halogens is 2. The van der Waals surface area contributed by atoms with Crippen molar-refractivity contribution in [1.82, 2.24) is 4.98 Å². The molecule has 0 radical (unpaired) electrons. The van der Waals surface area contributed by atoms with Gasteiger partial charge in [0.15, 0.2) is 16.7 Å². The van der Waals surface area contributed by atoms with Crippen molar-refractivity contribution in [3.05, 3.63) is 16.4 Å². The van der Waals surface area contributed by atoms with Crippen LogP contribution in [0.5, 0.6) is 5.75 Å². The van der Waals surface area contributed by atoms with Crippen molar-refractivity contribution in [2.75, 3.05) is 12.8 Å². The Labute approximate surface area is 91.8 Å². The molecule has 0 fully saturated rings. The topological polar surface area (TPSA) is 48.1 Å². The first-order valence-corrected chi connectivity index (χ1v) is 5.32. The number of benzene rings is 1. The summed E-state index contributed by atoms with van der Waals surface area (Å²) in [6, 6.07) is 1.74. The maximum Gasteiger partial charge on any atom is 0.193 e. The highest BCUT2D eigenvalue weighted by Gasteiger charge is 2.15. The highest BCUT2D eigenvalue weighted by Crippen LogP contribution is 2.36. The summed E-state index contributed by atoms with van der Waals surface area (Å²) in [4.78, 5) is 3.88. The van der Waals surface area contributed by atoms with Crippen molar-refractivity contribution in [3.8, 4) is 5.75 Å². The first kappa shape index (κ1) is 9.67. The Hall–Kier alpha value is -0.880. The van der Waals surface area contributed by atoms with Gasteiger partial charge in [-0.3, -0.25) is 0 Å². The van der Waals surface area contributed by atoms with Crippen LogP contribution < -0.4 is 10.5 Å². The third-order valence-corrected chi connectivity index (χ3v) is 3.18. The molecule has 0 atom stereocenters. The molecule has 0 saturated carbocycles. The lowest BCUT2D eigenvalue weighted by Crippen LogP contribution is -1.90. The largest absolute Gasteiger partial charge is 0.492 e. The van der Waals surface area contributed by atoms with E-state index in [1.54, 1.807) is 6.07 Å². The van der Waals surface area contributed by atoms with Crippen LogP contribution in [-0.2, 0) is 0 Å². The molecule has 2 N–H and O–H groups in total. The number of thiazole rings is 1. The van der Waals surface area contributed by atoms with E-state index in [-0.39, 0.29) is 11.3 Å². The summed E-state index contributed by atoms with van der Waals surface area (Å²) in [7, 11) is 1.41. The van der Waals surface area contributed by atoms with Gasteiger partial charge in [0.2, 0.25) is 0 Å². The average Bonchev–Trinajstić information content (AvgIpc) is 2.47. The van der Waals surface area contributed by atoms with Gasteiger partial charge in [-0.1, -0.05) is 11.3 Å². The molecule has 0 aliphatic carbocycles. The zero-order valence-electron chi connectivity index (χ0n) is 7.17. The predicted octanol–water partition coefficient (Wildman–Crippen LogP) is 2.79. The number of nitrogens with two attached hydrogens (primary N) is 1. The van der Waals surface area contributed by atoms with Crippen molar-refractivity contribution in [3.63, 3.8) is 0 Å². The van der Waals surface area contributed by atoms with E-state index in [9.17, 15) is 4.39 Å². The molecule has 0 bridgehead atoms. The summed E-state index contributed by atoms with van der Waals surface area (Å²) in [6.07, 6.45) is 0. The summed E-state index contributed by atoms with van der Waals surface area (Å²) in [5, 5.41) is 0.346. The van der Waals surface area contributed by atoms with Gasteiger partial charge in [-0.05, 0) is 22.0 Å². The number of ether oxygens (including phenoxy) is 1. The van der Waals surface area contributed by atoms with Crippen LogP contribution in [0.3, 0.4) is 0 Å². The molecule has 0 unspecified atom stereocenters. The number of aromatic nitrogens is 1. The van der Waals surface area contributed by atoms with Gasteiger partial charge in [-0.25, -0.2) is 9.37 Å². The fourth-order valence-electron chi connectivity index (χ4n) is 1.18. The van der Waals surface area contributed by atoms with Crippen molar-refractivity contribution < 1.29 is 9.13 Å². The van der Waals surface area contributed by atoms with Crippen LogP contribution in [0.4, 0.5) is 9.52 Å². The van der Waals surface area contributed by atoms with Gasteiger partial charge in [-0.15, -0.1) is 0 Å². The van der Waals surface area contributed by atoms with Crippen LogP contribution in [0, 0.1) is 5.82 Å². The second kappa shape index (κ2) is 3.36. The fraction of sp³-hybridized carbons (Fsp3) is 0.125. The summed E-state index contributed by atoms with van der Waals surface area (Å²) in [5.41, 5.74) is 5.74. The van der Waals surface area contributed by atoms with Gasteiger partial charge in [-0.2, -0.15) is 0 Å². The molecule has 3 nitrogen and oxygen atoms in total. The van der Waals surface area contributed by atoms with E-state index < -0.39 is 5.82 Å².